The lowest BCUT2D eigenvalue weighted by molar-refractivity contribution is -0.131. The number of hydrogen-bond acceptors (Lipinski definition) is 8. The second kappa shape index (κ2) is 15.0. The van der Waals surface area contributed by atoms with Crippen LogP contribution in [0.1, 0.15) is 27.8 Å². The van der Waals surface area contributed by atoms with E-state index in [0.717, 1.165) is 22.3 Å². The Labute approximate surface area is 272 Å². The molecule has 0 saturated heterocycles. The highest BCUT2D eigenvalue weighted by Crippen LogP contribution is 2.22. The number of nitrogens with zero attached hydrogens (tertiary/aromatic N) is 4. The number of likely N-dealkylation sites (N-methyl/N-ethyl adjacent to an activating group) is 1. The van der Waals surface area contributed by atoms with Gasteiger partial charge in [0.1, 0.15) is 11.8 Å². The number of nitrogens with one attached hydrogen (secondary N) is 1. The molecule has 2 heterocycles. The molecule has 3 aromatic carbocycles. The summed E-state index contributed by atoms with van der Waals surface area (Å²) in [6.45, 7) is 2.62. The molecular weight excluding hydrogens is 598 g/mol. The molecule has 242 valence electrons. The maximum absolute atomic E-state index is 13.8. The number of pyridine rings is 1. The average molecular weight is 636 g/mol. The van der Waals surface area contributed by atoms with Gasteiger partial charge in [-0.15, -0.1) is 0 Å². The number of fused-ring (bicyclic) bond motifs is 1. The third-order valence-corrected chi connectivity index (χ3v) is 8.02. The van der Waals surface area contributed by atoms with Crippen LogP contribution in [0, 0.1) is 6.92 Å². The van der Waals surface area contributed by atoms with Crippen molar-refractivity contribution in [3.63, 3.8) is 0 Å². The Hall–Kier alpha value is -5.71. The third-order valence-electron chi connectivity index (χ3n) is 8.02. The summed E-state index contributed by atoms with van der Waals surface area (Å²) in [5, 5.41) is 13.1. The van der Waals surface area contributed by atoms with Gasteiger partial charge in [0.05, 0.1) is 24.6 Å². The minimum Gasteiger partial charge on any atom is -0.497 e. The molecule has 0 aliphatic carbocycles. The van der Waals surface area contributed by atoms with Crippen molar-refractivity contribution in [3.8, 4) is 5.75 Å². The molecule has 0 spiro atoms. The van der Waals surface area contributed by atoms with Crippen LogP contribution in [0.15, 0.2) is 100 Å². The van der Waals surface area contributed by atoms with Crippen LogP contribution >= 0.6 is 0 Å². The minimum atomic E-state index is -1.04. The normalized spacial score (nSPS) is 11.6. The lowest BCUT2D eigenvalue weighted by Gasteiger charge is -2.25. The van der Waals surface area contributed by atoms with Crippen LogP contribution in [0.3, 0.4) is 0 Å². The first kappa shape index (κ1) is 32.7. The smallest absolute Gasteiger partial charge is 0.407 e. The standard InChI is InChI=1S/C36H37N5O6/c1-24-28(17-19-41(36(44)45)23-27-10-7-18-37-21-27)13-16-30-32(24)34(43)47-35(38-30)39-31(20-25-11-14-29(46-3)15-12-25)33(42)40(2)22-26-8-5-4-6-9-26/h4-16,18,21,31H,17,19-20,22-23H2,1-3H3,(H,38,39)(H,44,45)/t31-/m0/s1. The van der Waals surface area contributed by atoms with E-state index in [2.05, 4.69) is 15.3 Å². The van der Waals surface area contributed by atoms with Crippen LogP contribution in [0.2, 0.25) is 0 Å². The number of aromatic nitrogens is 2. The Morgan fingerprint density at radius 1 is 0.957 bits per heavy atom. The Balaban J connectivity index is 1.37. The number of ether oxygens (including phenoxy) is 1. The number of aryl methyl sites for hydroxylation is 1. The van der Waals surface area contributed by atoms with Gasteiger partial charge in [0, 0.05) is 39.0 Å². The van der Waals surface area contributed by atoms with Gasteiger partial charge in [-0.25, -0.2) is 9.59 Å². The molecule has 47 heavy (non-hydrogen) atoms. The van der Waals surface area contributed by atoms with Gasteiger partial charge in [0.2, 0.25) is 5.91 Å². The fourth-order valence-corrected chi connectivity index (χ4v) is 5.45. The van der Waals surface area contributed by atoms with Gasteiger partial charge in [-0.3, -0.25) is 9.78 Å². The second-order valence-corrected chi connectivity index (χ2v) is 11.3. The van der Waals surface area contributed by atoms with Crippen molar-refractivity contribution >= 4 is 28.9 Å². The highest BCUT2D eigenvalue weighted by Gasteiger charge is 2.25. The van der Waals surface area contributed by atoms with Crippen molar-refractivity contribution in [2.45, 2.75) is 38.9 Å². The maximum Gasteiger partial charge on any atom is 0.407 e. The van der Waals surface area contributed by atoms with Crippen molar-refractivity contribution in [3.05, 3.63) is 129 Å². The summed E-state index contributed by atoms with van der Waals surface area (Å²) in [5.74, 6) is 0.502. The van der Waals surface area contributed by atoms with Crippen LogP contribution in [0.5, 0.6) is 5.75 Å². The Kier molecular flexibility index (Phi) is 10.5. The fourth-order valence-electron chi connectivity index (χ4n) is 5.45. The number of hydrogen-bond donors (Lipinski definition) is 2. The molecule has 0 unspecified atom stereocenters. The Morgan fingerprint density at radius 3 is 2.38 bits per heavy atom. The zero-order valence-electron chi connectivity index (χ0n) is 26.6. The van der Waals surface area contributed by atoms with Crippen molar-refractivity contribution in [1.82, 2.24) is 19.8 Å². The van der Waals surface area contributed by atoms with Crippen LogP contribution in [0.25, 0.3) is 10.9 Å². The lowest BCUT2D eigenvalue weighted by atomic mass is 10.0. The lowest BCUT2D eigenvalue weighted by Crippen LogP contribution is -2.42. The van der Waals surface area contributed by atoms with Crippen molar-refractivity contribution in [2.24, 2.45) is 0 Å². The van der Waals surface area contributed by atoms with E-state index in [1.807, 2.05) is 66.7 Å². The summed E-state index contributed by atoms with van der Waals surface area (Å²) in [4.78, 5) is 50.6. The molecule has 2 aromatic heterocycles. The first-order chi connectivity index (χ1) is 22.7. The molecule has 5 aromatic rings. The largest absolute Gasteiger partial charge is 0.497 e. The zero-order valence-corrected chi connectivity index (χ0v) is 26.6. The molecule has 0 saturated carbocycles. The third kappa shape index (κ3) is 8.31. The summed E-state index contributed by atoms with van der Waals surface area (Å²) in [7, 11) is 3.32. The van der Waals surface area contributed by atoms with Gasteiger partial charge in [0.25, 0.3) is 6.01 Å². The SMILES string of the molecule is COc1ccc(C[C@H](Nc2nc3ccc(CCN(Cc4cccnc4)C(=O)O)c(C)c3c(=O)o2)C(=O)N(C)Cc2ccccc2)cc1. The van der Waals surface area contributed by atoms with Crippen LogP contribution in [-0.2, 0) is 30.7 Å². The molecule has 1 atom stereocenters. The number of amides is 2. The number of anilines is 1. The van der Waals surface area contributed by atoms with Gasteiger partial charge >= 0.3 is 11.7 Å². The summed E-state index contributed by atoms with van der Waals surface area (Å²) >= 11 is 0. The van der Waals surface area contributed by atoms with Gasteiger partial charge in [-0.1, -0.05) is 54.6 Å². The minimum absolute atomic E-state index is 0.0665. The van der Waals surface area contributed by atoms with E-state index in [0.29, 0.717) is 41.6 Å². The number of carbonyl (C=O) groups excluding carboxylic acids is 1. The molecule has 0 aliphatic rings. The quantitative estimate of drug-likeness (QED) is 0.176. The first-order valence-corrected chi connectivity index (χ1v) is 15.2. The molecule has 5 rings (SSSR count). The van der Waals surface area contributed by atoms with Gasteiger partial charge in [-0.2, -0.15) is 4.98 Å². The number of carbonyl (C=O) groups is 2. The summed E-state index contributed by atoms with van der Waals surface area (Å²) in [6.07, 6.45) is 2.92. The number of methoxy groups -OCH3 is 1. The predicted octanol–water partition coefficient (Wildman–Crippen LogP) is 5.30. The van der Waals surface area contributed by atoms with Crippen LogP contribution < -0.4 is 15.7 Å². The van der Waals surface area contributed by atoms with E-state index in [-0.39, 0.29) is 25.0 Å². The molecule has 0 bridgehead atoms. The number of rotatable bonds is 13. The molecule has 0 fully saturated rings. The molecule has 11 heteroatoms. The topological polar surface area (TPSA) is 138 Å². The number of carboxylic acid groups (broad SMARTS) is 1. The van der Waals surface area contributed by atoms with Crippen molar-refractivity contribution < 1.29 is 23.8 Å². The molecule has 0 radical (unpaired) electrons. The van der Waals surface area contributed by atoms with Gasteiger partial charge in [-0.05, 0) is 65.4 Å². The summed E-state index contributed by atoms with van der Waals surface area (Å²) in [5.41, 5.74) is 3.92. The monoisotopic (exact) mass is 635 g/mol. The van der Waals surface area contributed by atoms with Crippen LogP contribution in [0.4, 0.5) is 10.8 Å². The predicted molar refractivity (Wildman–Crippen MR) is 178 cm³/mol. The van der Waals surface area contributed by atoms with E-state index < -0.39 is 17.8 Å². The van der Waals surface area contributed by atoms with E-state index in [4.69, 9.17) is 9.15 Å². The second-order valence-electron chi connectivity index (χ2n) is 11.3. The van der Waals surface area contributed by atoms with Crippen molar-refractivity contribution in [1.29, 1.82) is 0 Å². The van der Waals surface area contributed by atoms with Gasteiger partial charge < -0.3 is 29.4 Å². The molecular formula is C36H37N5O6. The van der Waals surface area contributed by atoms with Crippen molar-refractivity contribution in [2.75, 3.05) is 26.0 Å². The van der Waals surface area contributed by atoms with Crippen LogP contribution in [-0.4, -0.2) is 63.6 Å². The van der Waals surface area contributed by atoms with E-state index in [1.54, 1.807) is 50.5 Å². The average Bonchev–Trinajstić information content (AvgIpc) is 3.07. The number of benzene rings is 3. The fraction of sp³-hybridized carbons (Fsp3) is 0.250. The highest BCUT2D eigenvalue weighted by atomic mass is 16.5. The van der Waals surface area contributed by atoms with E-state index in [9.17, 15) is 19.5 Å². The van der Waals surface area contributed by atoms with E-state index >= 15 is 0 Å². The van der Waals surface area contributed by atoms with E-state index in [1.165, 1.54) is 4.90 Å². The zero-order chi connectivity index (χ0) is 33.3. The molecule has 2 N–H and O–H groups in total. The summed E-state index contributed by atoms with van der Waals surface area (Å²) < 4.78 is 10.9. The maximum atomic E-state index is 13.8. The molecule has 2 amide bonds. The Morgan fingerprint density at radius 2 is 1.70 bits per heavy atom. The first-order valence-electron chi connectivity index (χ1n) is 15.2. The Bertz CT molecular complexity index is 1880. The highest BCUT2D eigenvalue weighted by molar-refractivity contribution is 5.85. The summed E-state index contributed by atoms with van der Waals surface area (Å²) in [6, 6.07) is 23.4. The molecule has 11 nitrogen and oxygen atoms in total. The van der Waals surface area contributed by atoms with Gasteiger partial charge in [0.15, 0.2) is 0 Å². The molecule has 0 aliphatic heterocycles.